The van der Waals surface area contributed by atoms with Crippen LogP contribution in [0.15, 0.2) is 67.1 Å². The first kappa shape index (κ1) is 16.4. The number of aromatic nitrogens is 2. The summed E-state index contributed by atoms with van der Waals surface area (Å²) in [6.07, 6.45) is 4.89. The van der Waals surface area contributed by atoms with E-state index in [1.807, 2.05) is 42.5 Å². The van der Waals surface area contributed by atoms with Crippen LogP contribution in [-0.4, -0.2) is 23.0 Å². The number of ether oxygens (including phenoxy) is 1. The van der Waals surface area contributed by atoms with Gasteiger partial charge in [0.05, 0.1) is 36.8 Å². The Kier molecular flexibility index (Phi) is 5.21. The molecule has 0 fully saturated rings. The van der Waals surface area contributed by atoms with Crippen molar-refractivity contribution in [2.45, 2.75) is 6.54 Å². The Labute approximate surface area is 145 Å². The summed E-state index contributed by atoms with van der Waals surface area (Å²) in [4.78, 5) is 20.6. The number of nitrogens with zero attached hydrogens (tertiary/aromatic N) is 2. The third kappa shape index (κ3) is 4.54. The molecule has 126 valence electrons. The fourth-order valence-corrected chi connectivity index (χ4v) is 2.28. The maximum absolute atomic E-state index is 12.3. The van der Waals surface area contributed by atoms with E-state index in [1.54, 1.807) is 25.6 Å². The van der Waals surface area contributed by atoms with E-state index in [-0.39, 0.29) is 5.91 Å². The SMILES string of the molecule is COc1cccc(Nc2cncc(C(=O)NCc3ccccn3)c2)c1. The monoisotopic (exact) mass is 334 g/mol. The molecule has 2 N–H and O–H groups in total. The Balaban J connectivity index is 1.67. The molecule has 0 radical (unpaired) electrons. The third-order valence-corrected chi connectivity index (χ3v) is 3.52. The molecule has 0 bridgehead atoms. The van der Waals surface area contributed by atoms with Gasteiger partial charge in [-0.05, 0) is 30.3 Å². The van der Waals surface area contributed by atoms with Crippen molar-refractivity contribution in [1.82, 2.24) is 15.3 Å². The van der Waals surface area contributed by atoms with Crippen LogP contribution in [0, 0.1) is 0 Å². The molecule has 0 unspecified atom stereocenters. The van der Waals surface area contributed by atoms with Crippen molar-refractivity contribution in [2.75, 3.05) is 12.4 Å². The van der Waals surface area contributed by atoms with Crippen molar-refractivity contribution in [3.63, 3.8) is 0 Å². The summed E-state index contributed by atoms with van der Waals surface area (Å²) in [7, 11) is 1.62. The van der Waals surface area contributed by atoms with E-state index in [0.29, 0.717) is 12.1 Å². The second-order valence-corrected chi connectivity index (χ2v) is 5.32. The smallest absolute Gasteiger partial charge is 0.253 e. The summed E-state index contributed by atoms with van der Waals surface area (Å²) < 4.78 is 5.20. The Bertz CT molecular complexity index is 853. The number of carbonyl (C=O) groups is 1. The van der Waals surface area contributed by atoms with Crippen LogP contribution in [0.5, 0.6) is 5.75 Å². The highest BCUT2D eigenvalue weighted by atomic mass is 16.5. The number of anilines is 2. The summed E-state index contributed by atoms with van der Waals surface area (Å²) in [5.74, 6) is 0.551. The third-order valence-electron chi connectivity index (χ3n) is 3.52. The lowest BCUT2D eigenvalue weighted by Crippen LogP contribution is -2.23. The van der Waals surface area contributed by atoms with Crippen LogP contribution in [0.1, 0.15) is 16.1 Å². The van der Waals surface area contributed by atoms with Gasteiger partial charge < -0.3 is 15.4 Å². The molecule has 6 heteroatoms. The molecule has 3 rings (SSSR count). The number of rotatable bonds is 6. The van der Waals surface area contributed by atoms with E-state index in [4.69, 9.17) is 4.74 Å². The predicted octanol–water partition coefficient (Wildman–Crippen LogP) is 3.16. The largest absolute Gasteiger partial charge is 0.497 e. The van der Waals surface area contributed by atoms with E-state index in [0.717, 1.165) is 22.8 Å². The van der Waals surface area contributed by atoms with Crippen molar-refractivity contribution in [3.05, 3.63) is 78.4 Å². The molecule has 0 atom stereocenters. The van der Waals surface area contributed by atoms with Gasteiger partial charge in [-0.3, -0.25) is 14.8 Å². The second kappa shape index (κ2) is 7.92. The molecule has 3 aromatic rings. The average Bonchev–Trinajstić information content (AvgIpc) is 2.67. The Hall–Kier alpha value is -3.41. The molecule has 25 heavy (non-hydrogen) atoms. The Morgan fingerprint density at radius 3 is 2.80 bits per heavy atom. The second-order valence-electron chi connectivity index (χ2n) is 5.32. The van der Waals surface area contributed by atoms with Crippen LogP contribution in [0.3, 0.4) is 0 Å². The molecule has 0 aliphatic carbocycles. The zero-order valence-corrected chi connectivity index (χ0v) is 13.8. The van der Waals surface area contributed by atoms with Crippen LogP contribution >= 0.6 is 0 Å². The molecule has 0 aliphatic heterocycles. The summed E-state index contributed by atoms with van der Waals surface area (Å²) in [5, 5.41) is 6.05. The summed E-state index contributed by atoms with van der Waals surface area (Å²) >= 11 is 0. The number of hydrogen-bond acceptors (Lipinski definition) is 5. The summed E-state index contributed by atoms with van der Waals surface area (Å²) in [5.41, 5.74) is 2.85. The molecule has 0 saturated carbocycles. The van der Waals surface area contributed by atoms with Gasteiger partial charge in [0, 0.05) is 24.1 Å². The average molecular weight is 334 g/mol. The topological polar surface area (TPSA) is 76.1 Å². The van der Waals surface area contributed by atoms with Gasteiger partial charge in [-0.15, -0.1) is 0 Å². The number of carbonyl (C=O) groups excluding carboxylic acids is 1. The van der Waals surface area contributed by atoms with Gasteiger partial charge in [-0.2, -0.15) is 0 Å². The minimum atomic E-state index is -0.201. The lowest BCUT2D eigenvalue weighted by molar-refractivity contribution is 0.0950. The lowest BCUT2D eigenvalue weighted by atomic mass is 10.2. The van der Waals surface area contributed by atoms with Crippen molar-refractivity contribution in [2.24, 2.45) is 0 Å². The minimum absolute atomic E-state index is 0.201. The number of hydrogen-bond donors (Lipinski definition) is 2. The van der Waals surface area contributed by atoms with Crippen molar-refractivity contribution in [3.8, 4) is 5.75 Å². The first-order chi connectivity index (χ1) is 12.2. The molecule has 1 amide bonds. The molecule has 2 heterocycles. The molecule has 6 nitrogen and oxygen atoms in total. The van der Waals surface area contributed by atoms with Crippen molar-refractivity contribution < 1.29 is 9.53 Å². The molecule has 0 spiro atoms. The Morgan fingerprint density at radius 2 is 2.00 bits per heavy atom. The number of methoxy groups -OCH3 is 1. The fraction of sp³-hybridized carbons (Fsp3) is 0.105. The first-order valence-electron chi connectivity index (χ1n) is 7.79. The predicted molar refractivity (Wildman–Crippen MR) is 95.9 cm³/mol. The molecule has 0 aliphatic rings. The highest BCUT2D eigenvalue weighted by Gasteiger charge is 2.07. The number of benzene rings is 1. The molecule has 2 aromatic heterocycles. The maximum atomic E-state index is 12.3. The van der Waals surface area contributed by atoms with E-state index in [9.17, 15) is 4.79 Å². The Morgan fingerprint density at radius 1 is 1.08 bits per heavy atom. The van der Waals surface area contributed by atoms with Crippen LogP contribution in [0.4, 0.5) is 11.4 Å². The van der Waals surface area contributed by atoms with Gasteiger partial charge in [-0.25, -0.2) is 0 Å². The van der Waals surface area contributed by atoms with Gasteiger partial charge in [0.2, 0.25) is 0 Å². The van der Waals surface area contributed by atoms with E-state index in [2.05, 4.69) is 20.6 Å². The lowest BCUT2D eigenvalue weighted by Gasteiger charge is -2.09. The van der Waals surface area contributed by atoms with Crippen LogP contribution in [0.2, 0.25) is 0 Å². The summed E-state index contributed by atoms with van der Waals surface area (Å²) in [6.45, 7) is 0.368. The molecular formula is C19H18N4O2. The van der Waals surface area contributed by atoms with Crippen molar-refractivity contribution in [1.29, 1.82) is 0 Å². The van der Waals surface area contributed by atoms with E-state index >= 15 is 0 Å². The van der Waals surface area contributed by atoms with Gasteiger partial charge in [-0.1, -0.05) is 12.1 Å². The molecular weight excluding hydrogens is 316 g/mol. The fourth-order valence-electron chi connectivity index (χ4n) is 2.28. The van der Waals surface area contributed by atoms with Crippen LogP contribution in [0.25, 0.3) is 0 Å². The highest BCUT2D eigenvalue weighted by molar-refractivity contribution is 5.94. The van der Waals surface area contributed by atoms with Gasteiger partial charge in [0.1, 0.15) is 5.75 Å². The standard InChI is InChI=1S/C19H18N4O2/c1-25-18-7-4-6-15(10-18)23-17-9-14(11-20-12-17)19(24)22-13-16-5-2-3-8-21-16/h2-12,23H,13H2,1H3,(H,22,24). The first-order valence-corrected chi connectivity index (χ1v) is 7.79. The normalized spacial score (nSPS) is 10.1. The quantitative estimate of drug-likeness (QED) is 0.724. The highest BCUT2D eigenvalue weighted by Crippen LogP contribution is 2.21. The van der Waals surface area contributed by atoms with Crippen molar-refractivity contribution >= 4 is 17.3 Å². The minimum Gasteiger partial charge on any atom is -0.497 e. The number of amides is 1. The molecule has 1 aromatic carbocycles. The van der Waals surface area contributed by atoms with Gasteiger partial charge >= 0.3 is 0 Å². The summed E-state index contributed by atoms with van der Waals surface area (Å²) in [6, 6.07) is 14.9. The van der Waals surface area contributed by atoms with E-state index < -0.39 is 0 Å². The zero-order valence-electron chi connectivity index (χ0n) is 13.8. The van der Waals surface area contributed by atoms with E-state index in [1.165, 1.54) is 6.20 Å². The molecule has 0 saturated heterocycles. The van der Waals surface area contributed by atoms with Gasteiger partial charge in [0.25, 0.3) is 5.91 Å². The van der Waals surface area contributed by atoms with Crippen LogP contribution in [-0.2, 0) is 6.54 Å². The zero-order chi connectivity index (χ0) is 17.5. The van der Waals surface area contributed by atoms with Gasteiger partial charge in [0.15, 0.2) is 0 Å². The number of nitrogens with one attached hydrogen (secondary N) is 2. The maximum Gasteiger partial charge on any atom is 0.253 e. The van der Waals surface area contributed by atoms with Crippen LogP contribution < -0.4 is 15.4 Å². The number of pyridine rings is 2.